The topological polar surface area (TPSA) is 86.7 Å². The van der Waals surface area contributed by atoms with Gasteiger partial charge < -0.3 is 15.3 Å². The van der Waals surface area contributed by atoms with Crippen molar-refractivity contribution in [3.8, 4) is 0 Å². The van der Waals surface area contributed by atoms with E-state index < -0.39 is 27.5 Å². The molecule has 234 valence electrons. The Bertz CT molecular complexity index is 1110. The number of hydrogen-bond donors (Lipinski definition) is 2. The second-order valence-electron chi connectivity index (χ2n) is 14.0. The molecule has 0 aromatic heterocycles. The van der Waals surface area contributed by atoms with E-state index >= 15 is 0 Å². The molecule has 2 N–H and O–H groups in total. The van der Waals surface area contributed by atoms with Crippen LogP contribution in [0.4, 0.5) is 13.2 Å². The van der Waals surface area contributed by atoms with Crippen molar-refractivity contribution in [2.24, 2.45) is 35.0 Å². The molecule has 1 heterocycles. The summed E-state index contributed by atoms with van der Waals surface area (Å²) < 4.78 is 64.4. The molecule has 1 amide bonds. The molecule has 1 aliphatic heterocycles. The number of nitrogens with zero attached hydrogens (tertiary/aromatic N) is 1. The molecule has 0 aromatic rings. The molecular formula is C31H49F3N2O4S. The van der Waals surface area contributed by atoms with Crippen LogP contribution < -0.4 is 5.32 Å². The third-order valence-electron chi connectivity index (χ3n) is 11.9. The summed E-state index contributed by atoms with van der Waals surface area (Å²) in [6.07, 6.45) is 5.95. The largest absolute Gasteiger partial charge is 0.394 e. The van der Waals surface area contributed by atoms with E-state index in [0.717, 1.165) is 32.2 Å². The Morgan fingerprint density at radius 3 is 2.27 bits per heavy atom. The molecule has 5 aliphatic rings. The summed E-state index contributed by atoms with van der Waals surface area (Å²) in [7, 11) is -3.08. The minimum Gasteiger partial charge on any atom is -0.394 e. The molecule has 5 unspecified atom stereocenters. The number of hydrogen-bond acceptors (Lipinski definition) is 5. The summed E-state index contributed by atoms with van der Waals surface area (Å²) in [4.78, 5) is 16.0. The number of sulfone groups is 1. The Morgan fingerprint density at radius 2 is 1.71 bits per heavy atom. The smallest absolute Gasteiger partial charge is 0.391 e. The van der Waals surface area contributed by atoms with Gasteiger partial charge in [-0.25, -0.2) is 8.42 Å². The van der Waals surface area contributed by atoms with Crippen LogP contribution >= 0.6 is 0 Å². The van der Waals surface area contributed by atoms with Crippen molar-refractivity contribution in [2.75, 3.05) is 18.9 Å². The van der Waals surface area contributed by atoms with Crippen LogP contribution in [0, 0.1) is 35.0 Å². The molecule has 41 heavy (non-hydrogen) atoms. The van der Waals surface area contributed by atoms with Crippen molar-refractivity contribution in [1.82, 2.24) is 10.2 Å². The van der Waals surface area contributed by atoms with Crippen LogP contribution in [0.5, 0.6) is 0 Å². The normalized spacial score (nSPS) is 39.1. The van der Waals surface area contributed by atoms with Gasteiger partial charge in [0.1, 0.15) is 0 Å². The van der Waals surface area contributed by atoms with E-state index in [-0.39, 0.29) is 59.5 Å². The number of aliphatic hydroxyl groups is 1. The van der Waals surface area contributed by atoms with Gasteiger partial charge >= 0.3 is 6.18 Å². The van der Waals surface area contributed by atoms with Crippen molar-refractivity contribution >= 4 is 15.7 Å². The number of aliphatic hydroxyl groups excluding tert-OH is 1. The summed E-state index contributed by atoms with van der Waals surface area (Å²) in [5.74, 6) is -0.549. The molecule has 10 heteroatoms. The molecule has 0 aromatic carbocycles. The van der Waals surface area contributed by atoms with Gasteiger partial charge in [-0.2, -0.15) is 13.2 Å². The van der Waals surface area contributed by atoms with Gasteiger partial charge in [-0.3, -0.25) is 4.79 Å². The Morgan fingerprint density at radius 1 is 1.05 bits per heavy atom. The number of allylic oxidation sites excluding steroid dienone is 1. The highest BCUT2D eigenvalue weighted by molar-refractivity contribution is 7.92. The van der Waals surface area contributed by atoms with Gasteiger partial charge in [-0.1, -0.05) is 13.0 Å². The first kappa shape index (κ1) is 31.1. The van der Waals surface area contributed by atoms with Gasteiger partial charge in [-0.05, 0) is 108 Å². The Hall–Kier alpha value is -1.29. The van der Waals surface area contributed by atoms with E-state index in [4.69, 9.17) is 0 Å². The zero-order valence-corrected chi connectivity index (χ0v) is 25.7. The molecule has 0 radical (unpaired) electrons. The van der Waals surface area contributed by atoms with Crippen LogP contribution in [0.2, 0.25) is 0 Å². The van der Waals surface area contributed by atoms with E-state index in [1.165, 1.54) is 5.70 Å². The molecule has 0 saturated heterocycles. The summed E-state index contributed by atoms with van der Waals surface area (Å²) in [5, 5.41) is 13.2. The van der Waals surface area contributed by atoms with Gasteiger partial charge in [-0.15, -0.1) is 0 Å². The monoisotopic (exact) mass is 602 g/mol. The van der Waals surface area contributed by atoms with Crippen molar-refractivity contribution in [2.45, 2.75) is 121 Å². The molecule has 4 fully saturated rings. The van der Waals surface area contributed by atoms with Gasteiger partial charge in [0.2, 0.25) is 5.91 Å². The molecule has 4 saturated carbocycles. The molecule has 1 spiro atoms. The SMILES string of the molecule is CCN1C(C2CC23CCC(C(F)(F)F)CC3)=CC2CC(C(=O)NC(C)(CO)C3CCC(S(=O)(=O)CC)CC3)CCC21. The Balaban J connectivity index is 1.19. The summed E-state index contributed by atoms with van der Waals surface area (Å²) >= 11 is 0. The molecule has 5 atom stereocenters. The summed E-state index contributed by atoms with van der Waals surface area (Å²) in [6, 6.07) is 0.350. The average molecular weight is 603 g/mol. The average Bonchev–Trinajstić information content (AvgIpc) is 3.51. The van der Waals surface area contributed by atoms with E-state index in [2.05, 4.69) is 23.2 Å². The number of rotatable bonds is 8. The molecule has 5 rings (SSSR count). The predicted octanol–water partition coefficient (Wildman–Crippen LogP) is 5.61. The number of halogens is 3. The predicted molar refractivity (Wildman–Crippen MR) is 152 cm³/mol. The number of alkyl halides is 3. The second kappa shape index (κ2) is 11.3. The first-order valence-corrected chi connectivity index (χ1v) is 17.7. The third kappa shape index (κ3) is 5.94. The van der Waals surface area contributed by atoms with Crippen LogP contribution in [-0.4, -0.2) is 66.2 Å². The van der Waals surface area contributed by atoms with Gasteiger partial charge in [0.25, 0.3) is 0 Å². The number of amides is 1. The zero-order chi connectivity index (χ0) is 29.8. The highest BCUT2D eigenvalue weighted by Crippen LogP contribution is 2.67. The lowest BCUT2D eigenvalue weighted by Crippen LogP contribution is -2.57. The van der Waals surface area contributed by atoms with Crippen molar-refractivity contribution < 1.29 is 31.5 Å². The maximum Gasteiger partial charge on any atom is 0.391 e. The van der Waals surface area contributed by atoms with Crippen LogP contribution in [0.1, 0.15) is 97.8 Å². The van der Waals surface area contributed by atoms with E-state index in [0.29, 0.717) is 50.5 Å². The third-order valence-corrected chi connectivity index (χ3v) is 14.2. The molecular weight excluding hydrogens is 553 g/mol. The van der Waals surface area contributed by atoms with Crippen molar-refractivity contribution in [3.63, 3.8) is 0 Å². The van der Waals surface area contributed by atoms with Crippen LogP contribution in [-0.2, 0) is 14.6 Å². The fraction of sp³-hybridized carbons (Fsp3) is 0.903. The van der Waals surface area contributed by atoms with E-state index in [1.807, 2.05) is 6.92 Å². The lowest BCUT2D eigenvalue weighted by atomic mass is 9.74. The quantitative estimate of drug-likeness (QED) is 0.377. The first-order valence-electron chi connectivity index (χ1n) is 16.0. The maximum atomic E-state index is 13.6. The van der Waals surface area contributed by atoms with Gasteiger partial charge in [0, 0.05) is 35.9 Å². The fourth-order valence-corrected chi connectivity index (χ4v) is 10.5. The van der Waals surface area contributed by atoms with Crippen molar-refractivity contribution in [3.05, 3.63) is 11.8 Å². The molecule has 4 aliphatic carbocycles. The van der Waals surface area contributed by atoms with Crippen molar-refractivity contribution in [1.29, 1.82) is 0 Å². The number of fused-ring (bicyclic) bond motifs is 1. The zero-order valence-electron chi connectivity index (χ0n) is 24.9. The Kier molecular flexibility index (Phi) is 8.60. The van der Waals surface area contributed by atoms with Crippen LogP contribution in [0.3, 0.4) is 0 Å². The summed E-state index contributed by atoms with van der Waals surface area (Å²) in [6.45, 7) is 6.42. The second-order valence-corrected chi connectivity index (χ2v) is 16.6. The van der Waals surface area contributed by atoms with E-state index in [1.54, 1.807) is 6.92 Å². The Labute approximate surface area is 243 Å². The molecule has 6 nitrogen and oxygen atoms in total. The maximum absolute atomic E-state index is 13.6. The van der Waals surface area contributed by atoms with Gasteiger partial charge in [0.15, 0.2) is 9.84 Å². The minimum absolute atomic E-state index is 0.0263. The highest BCUT2D eigenvalue weighted by Gasteiger charge is 2.61. The van der Waals surface area contributed by atoms with Crippen LogP contribution in [0.15, 0.2) is 11.8 Å². The summed E-state index contributed by atoms with van der Waals surface area (Å²) in [5.41, 5.74) is 0.563. The highest BCUT2D eigenvalue weighted by atomic mass is 32.2. The lowest BCUT2D eigenvalue weighted by molar-refractivity contribution is -0.185. The fourth-order valence-electron chi connectivity index (χ4n) is 9.02. The molecule has 0 bridgehead atoms. The first-order chi connectivity index (χ1) is 19.3. The minimum atomic E-state index is -4.08. The van der Waals surface area contributed by atoms with E-state index in [9.17, 15) is 31.5 Å². The number of nitrogens with one attached hydrogen (secondary N) is 1. The standard InChI is InChI=1S/C31H49F3N2O4S/c1-4-36-26-11-6-20(28(38)35-29(3,19-37)22-7-9-24(10-8-22)41(39,40)5-2)16-21(26)17-27(36)25-18-30(25)14-12-23(13-15-30)31(32,33)34/h17,20-26,37H,4-16,18-19H2,1-3H3,(H,35,38). The lowest BCUT2D eigenvalue weighted by Gasteiger charge is -2.43. The van der Waals surface area contributed by atoms with Crippen LogP contribution in [0.25, 0.3) is 0 Å². The number of carbonyl (C=O) groups excluding carboxylic acids is 1. The number of carbonyl (C=O) groups is 1. The van der Waals surface area contributed by atoms with Gasteiger partial charge in [0.05, 0.1) is 23.3 Å².